The van der Waals surface area contributed by atoms with E-state index in [4.69, 9.17) is 16.9 Å². The van der Waals surface area contributed by atoms with Crippen molar-refractivity contribution in [2.75, 3.05) is 0 Å². The summed E-state index contributed by atoms with van der Waals surface area (Å²) >= 11 is 4.43. The molecule has 3 nitrogen and oxygen atoms in total. The fraction of sp³-hybridized carbons (Fsp3) is 0.333. The summed E-state index contributed by atoms with van der Waals surface area (Å²) in [6.45, 7) is 0. The Hall–Kier alpha value is -0.640. The zero-order chi connectivity index (χ0) is 5.86. The van der Waals surface area contributed by atoms with Gasteiger partial charge in [0.25, 0.3) is 0 Å². The summed E-state index contributed by atoms with van der Waals surface area (Å²) in [6.07, 6.45) is 0.231. The fourth-order valence-corrected chi connectivity index (χ4v) is 0.343. The third-order valence-corrected chi connectivity index (χ3v) is 0.509. The number of amidine groups is 1. The van der Waals surface area contributed by atoms with Crippen molar-refractivity contribution in [3.8, 4) is 0 Å². The van der Waals surface area contributed by atoms with Crippen LogP contribution in [0.3, 0.4) is 0 Å². The van der Waals surface area contributed by atoms with Gasteiger partial charge in [0.05, 0.1) is 17.2 Å². The minimum atomic E-state index is 0.0208. The molecule has 0 fully saturated rings. The Labute approximate surface area is 47.2 Å². The number of hydrogen-bond acceptors (Lipinski definition) is 2. The van der Waals surface area contributed by atoms with Gasteiger partial charge in [0.2, 0.25) is 0 Å². The molecule has 0 amide bonds. The molecule has 7 heavy (non-hydrogen) atoms. The zero-order valence-corrected chi connectivity index (χ0v) is 4.59. The van der Waals surface area contributed by atoms with Gasteiger partial charge in [0.15, 0.2) is 0 Å². The van der Waals surface area contributed by atoms with Gasteiger partial charge in [-0.05, 0) is 0 Å². The molecule has 0 radical (unpaired) electrons. The molecule has 0 aliphatic carbocycles. The normalized spacial score (nSPS) is 8.00. The number of nitrogens with two attached hydrogens (primary N) is 2. The summed E-state index contributed by atoms with van der Waals surface area (Å²) in [4.78, 5) is 0.271. The number of nitrogens with one attached hydrogen (secondary N) is 1. The molecule has 0 spiro atoms. The number of thiocarbonyl (C=S) groups is 1. The van der Waals surface area contributed by atoms with Crippen LogP contribution in [0.5, 0.6) is 0 Å². The minimum absolute atomic E-state index is 0.0208. The highest BCUT2D eigenvalue weighted by Gasteiger charge is 1.88. The lowest BCUT2D eigenvalue weighted by molar-refractivity contribution is 1.35. The SMILES string of the molecule is N=C(N)CC(N)=S. The molecule has 0 unspecified atom stereocenters. The number of hydrogen-bond donors (Lipinski definition) is 3. The summed E-state index contributed by atoms with van der Waals surface area (Å²) in [7, 11) is 0. The van der Waals surface area contributed by atoms with Gasteiger partial charge >= 0.3 is 0 Å². The maximum absolute atomic E-state index is 6.64. The third-order valence-electron chi connectivity index (χ3n) is 0.365. The lowest BCUT2D eigenvalue weighted by Crippen LogP contribution is -2.19. The van der Waals surface area contributed by atoms with Crippen LogP contribution in [0.2, 0.25) is 0 Å². The molecule has 0 heterocycles. The van der Waals surface area contributed by atoms with Crippen LogP contribution in [-0.2, 0) is 0 Å². The molecule has 4 heteroatoms. The Morgan fingerprint density at radius 1 is 1.57 bits per heavy atom. The molecule has 0 atom stereocenters. The average molecular weight is 117 g/mol. The van der Waals surface area contributed by atoms with E-state index in [0.29, 0.717) is 0 Å². The quantitative estimate of drug-likeness (QED) is 0.261. The molecule has 0 bridgehead atoms. The first kappa shape index (κ1) is 6.36. The topological polar surface area (TPSA) is 75.9 Å². The summed E-state index contributed by atoms with van der Waals surface area (Å²) in [5.74, 6) is 0.0208. The Morgan fingerprint density at radius 3 is 2.00 bits per heavy atom. The number of rotatable bonds is 2. The van der Waals surface area contributed by atoms with Crippen molar-refractivity contribution in [1.82, 2.24) is 0 Å². The van der Waals surface area contributed by atoms with Gasteiger partial charge in [-0.2, -0.15) is 0 Å². The Kier molecular flexibility index (Phi) is 2.29. The van der Waals surface area contributed by atoms with E-state index in [0.717, 1.165) is 0 Å². The summed E-state index contributed by atoms with van der Waals surface area (Å²) < 4.78 is 0. The molecule has 0 rings (SSSR count). The van der Waals surface area contributed by atoms with Crippen LogP contribution in [0.25, 0.3) is 0 Å². The van der Waals surface area contributed by atoms with Gasteiger partial charge in [0.1, 0.15) is 0 Å². The second kappa shape index (κ2) is 2.52. The van der Waals surface area contributed by atoms with Crippen LogP contribution in [-0.4, -0.2) is 10.8 Å². The van der Waals surface area contributed by atoms with Crippen molar-refractivity contribution >= 4 is 23.0 Å². The van der Waals surface area contributed by atoms with Gasteiger partial charge in [-0.1, -0.05) is 12.2 Å². The van der Waals surface area contributed by atoms with E-state index >= 15 is 0 Å². The second-order valence-electron chi connectivity index (χ2n) is 1.17. The predicted octanol–water partition coefficient (Wildman–Crippen LogP) is -0.401. The monoisotopic (exact) mass is 117 g/mol. The van der Waals surface area contributed by atoms with Gasteiger partial charge in [-0.25, -0.2) is 0 Å². The largest absolute Gasteiger partial charge is 0.393 e. The first-order valence-corrected chi connectivity index (χ1v) is 2.15. The highest BCUT2D eigenvalue weighted by atomic mass is 32.1. The highest BCUT2D eigenvalue weighted by Crippen LogP contribution is 1.73. The lowest BCUT2D eigenvalue weighted by Gasteiger charge is -1.89. The molecule has 0 aliphatic heterocycles. The molecule has 40 valence electrons. The lowest BCUT2D eigenvalue weighted by atomic mass is 10.4. The van der Waals surface area contributed by atoms with Gasteiger partial charge in [0, 0.05) is 0 Å². The summed E-state index contributed by atoms with van der Waals surface area (Å²) in [5.41, 5.74) is 9.91. The Bertz CT molecular complexity index is 86.4. The van der Waals surface area contributed by atoms with Crippen molar-refractivity contribution in [1.29, 1.82) is 5.41 Å². The van der Waals surface area contributed by atoms with E-state index < -0.39 is 0 Å². The van der Waals surface area contributed by atoms with Crippen LogP contribution in [0.1, 0.15) is 6.42 Å². The van der Waals surface area contributed by atoms with Gasteiger partial charge < -0.3 is 11.5 Å². The van der Waals surface area contributed by atoms with E-state index in [1.807, 2.05) is 0 Å². The van der Waals surface area contributed by atoms with Crippen molar-refractivity contribution in [2.45, 2.75) is 6.42 Å². The highest BCUT2D eigenvalue weighted by molar-refractivity contribution is 7.80. The zero-order valence-electron chi connectivity index (χ0n) is 3.77. The van der Waals surface area contributed by atoms with Crippen LogP contribution in [0.15, 0.2) is 0 Å². The summed E-state index contributed by atoms with van der Waals surface area (Å²) in [5, 5.41) is 6.64. The van der Waals surface area contributed by atoms with E-state index in [2.05, 4.69) is 12.2 Å². The van der Waals surface area contributed by atoms with E-state index in [1.165, 1.54) is 0 Å². The predicted molar refractivity (Wildman–Crippen MR) is 33.3 cm³/mol. The molecule has 0 saturated heterocycles. The Morgan fingerprint density at radius 2 is 2.00 bits per heavy atom. The molecule has 0 saturated carbocycles. The molecular formula is C3H7N3S. The molecular weight excluding hydrogens is 110 g/mol. The molecule has 0 aromatic carbocycles. The third kappa shape index (κ3) is 5.36. The maximum atomic E-state index is 6.64. The van der Waals surface area contributed by atoms with E-state index in [1.54, 1.807) is 0 Å². The van der Waals surface area contributed by atoms with Crippen molar-refractivity contribution in [2.24, 2.45) is 11.5 Å². The average Bonchev–Trinajstić information content (AvgIpc) is 1.27. The van der Waals surface area contributed by atoms with Crippen LogP contribution in [0, 0.1) is 5.41 Å². The van der Waals surface area contributed by atoms with E-state index in [9.17, 15) is 0 Å². The van der Waals surface area contributed by atoms with Gasteiger partial charge in [-0.3, -0.25) is 5.41 Å². The van der Waals surface area contributed by atoms with Crippen LogP contribution in [0.4, 0.5) is 0 Å². The summed E-state index contributed by atoms with van der Waals surface area (Å²) in [6, 6.07) is 0. The van der Waals surface area contributed by atoms with Gasteiger partial charge in [-0.15, -0.1) is 0 Å². The van der Waals surface area contributed by atoms with Crippen molar-refractivity contribution < 1.29 is 0 Å². The molecule has 5 N–H and O–H groups in total. The van der Waals surface area contributed by atoms with Crippen molar-refractivity contribution in [3.63, 3.8) is 0 Å². The van der Waals surface area contributed by atoms with Crippen molar-refractivity contribution in [3.05, 3.63) is 0 Å². The molecule has 0 aromatic heterocycles. The first-order chi connectivity index (χ1) is 3.13. The molecule has 0 aromatic rings. The molecule has 0 aliphatic rings. The second-order valence-corrected chi connectivity index (χ2v) is 1.69. The maximum Gasteiger partial charge on any atom is 0.0973 e. The first-order valence-electron chi connectivity index (χ1n) is 1.74. The van der Waals surface area contributed by atoms with Crippen LogP contribution < -0.4 is 11.5 Å². The smallest absolute Gasteiger partial charge is 0.0973 e. The Balaban J connectivity index is 3.32. The van der Waals surface area contributed by atoms with Crippen LogP contribution >= 0.6 is 12.2 Å². The standard InChI is InChI=1S/C3H7N3S/c4-2(5)1-3(6)7/h1H2,(H3,4,5)(H2,6,7). The fourth-order valence-electron chi connectivity index (χ4n) is 0.188. The minimum Gasteiger partial charge on any atom is -0.393 e. The van der Waals surface area contributed by atoms with E-state index in [-0.39, 0.29) is 17.2 Å².